The van der Waals surface area contributed by atoms with Crippen molar-refractivity contribution < 1.29 is 4.92 Å². The molecule has 0 aromatic heterocycles. The second-order valence-electron chi connectivity index (χ2n) is 6.56. The molecule has 1 aliphatic carbocycles. The molecule has 0 unspecified atom stereocenters. The number of non-ortho nitro benzene ring substituents is 1. The highest BCUT2D eigenvalue weighted by atomic mass is 16.6. The maximum Gasteiger partial charge on any atom is 0.269 e. The number of fused-ring (bicyclic) bond motifs is 3. The van der Waals surface area contributed by atoms with Crippen molar-refractivity contribution in [2.75, 3.05) is 5.32 Å². The lowest BCUT2D eigenvalue weighted by Crippen LogP contribution is -2.29. The van der Waals surface area contributed by atoms with E-state index in [4.69, 9.17) is 0 Å². The zero-order valence-electron chi connectivity index (χ0n) is 13.6. The van der Waals surface area contributed by atoms with E-state index >= 15 is 0 Å². The Labute approximate surface area is 141 Å². The van der Waals surface area contributed by atoms with Gasteiger partial charge in [0.15, 0.2) is 0 Å². The molecule has 24 heavy (non-hydrogen) atoms. The minimum absolute atomic E-state index is 0.144. The fourth-order valence-electron chi connectivity index (χ4n) is 4.11. The lowest BCUT2D eigenvalue weighted by atomic mass is 9.76. The molecule has 4 nitrogen and oxygen atoms in total. The van der Waals surface area contributed by atoms with Crippen LogP contribution < -0.4 is 5.32 Å². The molecule has 0 saturated carbocycles. The van der Waals surface area contributed by atoms with Gasteiger partial charge in [-0.25, -0.2) is 0 Å². The van der Waals surface area contributed by atoms with Crippen molar-refractivity contribution in [3.05, 3.63) is 81.4 Å². The molecule has 0 amide bonds. The van der Waals surface area contributed by atoms with Gasteiger partial charge in [0.05, 0.1) is 11.0 Å². The molecule has 0 fully saturated rings. The molecule has 1 aliphatic heterocycles. The smallest absolute Gasteiger partial charge is 0.269 e. The number of aryl methyl sites for hydroxylation is 1. The van der Waals surface area contributed by atoms with Crippen LogP contribution in [0.4, 0.5) is 11.4 Å². The molecule has 3 atom stereocenters. The van der Waals surface area contributed by atoms with Gasteiger partial charge in [0.2, 0.25) is 0 Å². The van der Waals surface area contributed by atoms with Crippen molar-refractivity contribution in [1.82, 2.24) is 0 Å². The topological polar surface area (TPSA) is 55.2 Å². The Bertz CT molecular complexity index is 811. The van der Waals surface area contributed by atoms with Gasteiger partial charge in [0, 0.05) is 23.7 Å². The number of para-hydroxylation sites is 1. The average Bonchev–Trinajstić information content (AvgIpc) is 3.10. The van der Waals surface area contributed by atoms with Gasteiger partial charge in [-0.15, -0.1) is 0 Å². The van der Waals surface area contributed by atoms with Gasteiger partial charge in [-0.3, -0.25) is 10.1 Å². The van der Waals surface area contributed by atoms with Crippen LogP contribution >= 0.6 is 0 Å². The molecule has 4 rings (SSSR count). The molecule has 0 radical (unpaired) electrons. The monoisotopic (exact) mass is 320 g/mol. The van der Waals surface area contributed by atoms with E-state index < -0.39 is 0 Å². The Kier molecular flexibility index (Phi) is 3.60. The Hall–Kier alpha value is -2.62. The molecule has 4 heteroatoms. The van der Waals surface area contributed by atoms with Crippen molar-refractivity contribution in [2.24, 2.45) is 5.92 Å². The molecule has 2 aromatic carbocycles. The van der Waals surface area contributed by atoms with Crippen molar-refractivity contribution in [3.63, 3.8) is 0 Å². The van der Waals surface area contributed by atoms with Crippen LogP contribution in [-0.2, 0) is 6.42 Å². The minimum Gasteiger partial charge on any atom is -0.377 e. The predicted molar refractivity (Wildman–Crippen MR) is 95.3 cm³/mol. The molecule has 2 aliphatic rings. The third kappa shape index (κ3) is 2.30. The van der Waals surface area contributed by atoms with Gasteiger partial charge < -0.3 is 5.32 Å². The summed E-state index contributed by atoms with van der Waals surface area (Å²) in [5, 5.41) is 14.6. The van der Waals surface area contributed by atoms with E-state index in [0.717, 1.165) is 18.4 Å². The third-order valence-electron chi connectivity index (χ3n) is 5.33. The lowest BCUT2D eigenvalue weighted by Gasteiger charge is -2.38. The highest BCUT2D eigenvalue weighted by Gasteiger charge is 2.38. The zero-order valence-corrected chi connectivity index (χ0v) is 13.6. The number of anilines is 1. The fourth-order valence-corrected chi connectivity index (χ4v) is 4.11. The van der Waals surface area contributed by atoms with Gasteiger partial charge in [-0.05, 0) is 35.4 Å². The van der Waals surface area contributed by atoms with Crippen LogP contribution in [0.25, 0.3) is 0 Å². The van der Waals surface area contributed by atoms with Crippen molar-refractivity contribution in [2.45, 2.75) is 31.7 Å². The Balaban J connectivity index is 1.76. The number of hydrogen-bond acceptors (Lipinski definition) is 3. The van der Waals surface area contributed by atoms with Crippen molar-refractivity contribution in [1.29, 1.82) is 0 Å². The minimum atomic E-state index is -0.345. The molecule has 0 spiro atoms. The van der Waals surface area contributed by atoms with Crippen LogP contribution in [0, 0.1) is 16.0 Å². The summed E-state index contributed by atoms with van der Waals surface area (Å²) in [7, 11) is 0. The van der Waals surface area contributed by atoms with Crippen LogP contribution in [0.2, 0.25) is 0 Å². The highest BCUT2D eigenvalue weighted by molar-refractivity contribution is 5.64. The van der Waals surface area contributed by atoms with Crippen molar-refractivity contribution >= 4 is 11.4 Å². The second-order valence-corrected chi connectivity index (χ2v) is 6.56. The number of nitrogens with one attached hydrogen (secondary N) is 1. The van der Waals surface area contributed by atoms with Crippen LogP contribution in [0.15, 0.2) is 54.6 Å². The van der Waals surface area contributed by atoms with Gasteiger partial charge in [-0.2, -0.15) is 0 Å². The molecule has 2 aromatic rings. The second kappa shape index (κ2) is 5.78. The molecule has 1 N–H and O–H groups in total. The van der Waals surface area contributed by atoms with Gasteiger partial charge in [0.25, 0.3) is 5.69 Å². The van der Waals surface area contributed by atoms with Gasteiger partial charge in [-0.1, -0.05) is 49.4 Å². The highest BCUT2D eigenvalue weighted by Crippen LogP contribution is 2.50. The van der Waals surface area contributed by atoms with E-state index in [1.807, 2.05) is 12.1 Å². The largest absolute Gasteiger partial charge is 0.377 e. The van der Waals surface area contributed by atoms with Crippen molar-refractivity contribution in [3.8, 4) is 0 Å². The summed E-state index contributed by atoms with van der Waals surface area (Å²) in [6.07, 6.45) is 6.62. The number of nitro groups is 1. The number of hydrogen-bond donors (Lipinski definition) is 1. The third-order valence-corrected chi connectivity index (χ3v) is 5.33. The maximum absolute atomic E-state index is 10.9. The Morgan fingerprint density at radius 1 is 1.21 bits per heavy atom. The fraction of sp³-hybridized carbons (Fsp3) is 0.300. The first-order valence-electron chi connectivity index (χ1n) is 8.48. The van der Waals surface area contributed by atoms with E-state index in [9.17, 15) is 10.1 Å². The lowest BCUT2D eigenvalue weighted by molar-refractivity contribution is -0.384. The van der Waals surface area contributed by atoms with E-state index in [1.165, 1.54) is 16.8 Å². The molecule has 0 saturated heterocycles. The van der Waals surface area contributed by atoms with E-state index in [1.54, 1.807) is 12.1 Å². The number of nitro benzene ring substituents is 1. The number of rotatable bonds is 3. The van der Waals surface area contributed by atoms with Crippen LogP contribution in [-0.4, -0.2) is 4.92 Å². The predicted octanol–water partition coefficient (Wildman–Crippen LogP) is 4.98. The molecular weight excluding hydrogens is 300 g/mol. The van der Waals surface area contributed by atoms with Crippen LogP contribution in [0.1, 0.15) is 42.0 Å². The number of nitrogens with zero attached hydrogens (tertiary/aromatic N) is 1. The first kappa shape index (κ1) is 14.9. The molecular formula is C20H20N2O2. The molecule has 122 valence electrons. The molecule has 0 bridgehead atoms. The van der Waals surface area contributed by atoms with Gasteiger partial charge in [0.1, 0.15) is 0 Å². The summed E-state index contributed by atoms with van der Waals surface area (Å²) >= 11 is 0. The quantitative estimate of drug-likeness (QED) is 0.493. The summed E-state index contributed by atoms with van der Waals surface area (Å²) in [6.45, 7) is 2.18. The standard InChI is InChI=1S/C20H20N2O2/c1-2-13-5-3-7-17-16-6-4-8-18(16)20(21-19(13)17)14-9-11-15(12-10-14)22(23)24/h3-7,9-12,16,18,20-21H,2,8H2,1H3/t16-,18+,20+/m1/s1. The summed E-state index contributed by atoms with van der Waals surface area (Å²) in [5.41, 5.74) is 5.22. The van der Waals surface area contributed by atoms with Crippen LogP contribution in [0.5, 0.6) is 0 Å². The summed E-state index contributed by atoms with van der Waals surface area (Å²) in [6, 6.07) is 13.7. The SMILES string of the molecule is CCc1cccc2c1N[C@@H](c1ccc([N+](=O)[O-])cc1)[C@H]1CC=C[C@H]21. The first-order valence-corrected chi connectivity index (χ1v) is 8.48. The first-order chi connectivity index (χ1) is 11.7. The Morgan fingerprint density at radius 2 is 2.00 bits per heavy atom. The Morgan fingerprint density at radius 3 is 2.71 bits per heavy atom. The summed E-state index contributed by atoms with van der Waals surface area (Å²) < 4.78 is 0. The zero-order chi connectivity index (χ0) is 16.7. The van der Waals surface area contributed by atoms with Gasteiger partial charge >= 0.3 is 0 Å². The summed E-state index contributed by atoms with van der Waals surface area (Å²) in [5.74, 6) is 0.888. The average molecular weight is 320 g/mol. The molecule has 1 heterocycles. The number of benzene rings is 2. The number of allylic oxidation sites excluding steroid dienone is 2. The van der Waals surface area contributed by atoms with E-state index in [0.29, 0.717) is 11.8 Å². The van der Waals surface area contributed by atoms with E-state index in [2.05, 4.69) is 42.6 Å². The normalized spacial score (nSPS) is 24.1. The maximum atomic E-state index is 10.9. The van der Waals surface area contributed by atoms with Crippen LogP contribution in [0.3, 0.4) is 0 Å². The van der Waals surface area contributed by atoms with E-state index in [-0.39, 0.29) is 16.7 Å². The summed E-state index contributed by atoms with van der Waals surface area (Å²) in [4.78, 5) is 10.6.